The van der Waals surface area contributed by atoms with E-state index in [1.807, 2.05) is 25.3 Å². The summed E-state index contributed by atoms with van der Waals surface area (Å²) < 4.78 is 0. The molecule has 0 radical (unpaired) electrons. The van der Waals surface area contributed by atoms with Gasteiger partial charge in [0.15, 0.2) is 0 Å². The van der Waals surface area contributed by atoms with Crippen LogP contribution in [0.3, 0.4) is 0 Å². The average molecular weight is 262 g/mol. The second kappa shape index (κ2) is 4.77. The summed E-state index contributed by atoms with van der Waals surface area (Å²) in [7, 11) is 0. The number of carbonyl (C=O) groups is 1. The molecule has 0 spiro atoms. The Morgan fingerprint density at radius 2 is 2.46 bits per heavy atom. The molecular weight excluding hydrogens is 250 g/mol. The van der Waals surface area contributed by atoms with E-state index in [1.165, 1.54) is 11.3 Å². The fraction of sp³-hybridized carbons (Fsp3) is 0.444. The van der Waals surface area contributed by atoms with E-state index < -0.39 is 0 Å². The van der Waals surface area contributed by atoms with E-state index in [1.54, 1.807) is 0 Å². The van der Waals surface area contributed by atoms with E-state index in [4.69, 9.17) is 0 Å². The molecule has 13 heavy (non-hydrogen) atoms. The first-order chi connectivity index (χ1) is 6.15. The summed E-state index contributed by atoms with van der Waals surface area (Å²) in [6, 6.07) is 2.13. The fourth-order valence-corrected chi connectivity index (χ4v) is 1.92. The van der Waals surface area contributed by atoms with Crippen LogP contribution in [0, 0.1) is 6.92 Å². The summed E-state index contributed by atoms with van der Waals surface area (Å²) in [5.74, 6) is 0.0273. The van der Waals surface area contributed by atoms with Gasteiger partial charge < -0.3 is 5.32 Å². The van der Waals surface area contributed by atoms with Crippen molar-refractivity contribution in [1.82, 2.24) is 5.32 Å². The lowest BCUT2D eigenvalue weighted by Gasteiger charge is -2.09. The molecular formula is C9H12BrNOS. The first-order valence-electron chi connectivity index (χ1n) is 4.06. The molecule has 1 aromatic rings. The first-order valence-corrected chi connectivity index (χ1v) is 6.06. The van der Waals surface area contributed by atoms with Gasteiger partial charge in [0.2, 0.25) is 0 Å². The maximum absolute atomic E-state index is 11.6. The molecule has 1 amide bonds. The molecule has 72 valence electrons. The number of alkyl halides is 1. The van der Waals surface area contributed by atoms with E-state index in [-0.39, 0.29) is 11.9 Å². The maximum atomic E-state index is 11.6. The highest BCUT2D eigenvalue weighted by Crippen LogP contribution is 2.15. The lowest BCUT2D eigenvalue weighted by molar-refractivity contribution is 0.0947. The average Bonchev–Trinajstić information content (AvgIpc) is 2.51. The van der Waals surface area contributed by atoms with Crippen molar-refractivity contribution in [1.29, 1.82) is 0 Å². The molecule has 1 atom stereocenters. The van der Waals surface area contributed by atoms with Gasteiger partial charge in [-0.05, 0) is 30.9 Å². The Balaban J connectivity index is 2.64. The first kappa shape index (κ1) is 10.7. The highest BCUT2D eigenvalue weighted by molar-refractivity contribution is 9.09. The van der Waals surface area contributed by atoms with Gasteiger partial charge in [0.1, 0.15) is 0 Å². The number of hydrogen-bond acceptors (Lipinski definition) is 2. The molecule has 1 heterocycles. The normalized spacial score (nSPS) is 12.5. The van der Waals surface area contributed by atoms with E-state index in [0.717, 1.165) is 15.8 Å². The number of carbonyl (C=O) groups excluding carboxylic acids is 1. The SMILES string of the molecule is Cc1ccsc1C(=O)NC(C)CBr. The summed E-state index contributed by atoms with van der Waals surface area (Å²) in [5.41, 5.74) is 1.05. The van der Waals surface area contributed by atoms with E-state index in [2.05, 4.69) is 21.2 Å². The Kier molecular flexibility index (Phi) is 3.93. The lowest BCUT2D eigenvalue weighted by atomic mass is 10.2. The third kappa shape index (κ3) is 2.81. The van der Waals surface area contributed by atoms with Crippen LogP contribution in [-0.4, -0.2) is 17.3 Å². The fourth-order valence-electron chi connectivity index (χ4n) is 0.933. The molecule has 0 fully saturated rings. The smallest absolute Gasteiger partial charge is 0.261 e. The third-order valence-electron chi connectivity index (χ3n) is 1.68. The van der Waals surface area contributed by atoms with Crippen molar-refractivity contribution in [2.75, 3.05) is 5.33 Å². The summed E-state index contributed by atoms with van der Waals surface area (Å²) in [5, 5.41) is 5.61. The number of thiophene rings is 1. The van der Waals surface area contributed by atoms with Crippen LogP contribution in [0.5, 0.6) is 0 Å². The Hall–Kier alpha value is -0.350. The lowest BCUT2D eigenvalue weighted by Crippen LogP contribution is -2.33. The Labute approximate surface area is 90.5 Å². The number of hydrogen-bond donors (Lipinski definition) is 1. The van der Waals surface area contributed by atoms with Gasteiger partial charge >= 0.3 is 0 Å². The van der Waals surface area contributed by atoms with Gasteiger partial charge in [-0.2, -0.15) is 0 Å². The van der Waals surface area contributed by atoms with Gasteiger partial charge in [0.05, 0.1) is 4.88 Å². The number of amides is 1. The zero-order valence-electron chi connectivity index (χ0n) is 7.63. The van der Waals surface area contributed by atoms with Crippen molar-refractivity contribution in [3.63, 3.8) is 0 Å². The second-order valence-electron chi connectivity index (χ2n) is 2.96. The number of halogens is 1. The zero-order valence-corrected chi connectivity index (χ0v) is 10.0. The molecule has 0 aliphatic heterocycles. The van der Waals surface area contributed by atoms with Crippen molar-refractivity contribution in [3.05, 3.63) is 21.9 Å². The molecule has 0 aliphatic carbocycles. The van der Waals surface area contributed by atoms with E-state index in [0.29, 0.717) is 0 Å². The van der Waals surface area contributed by atoms with E-state index in [9.17, 15) is 4.79 Å². The van der Waals surface area contributed by atoms with Crippen molar-refractivity contribution < 1.29 is 4.79 Å². The summed E-state index contributed by atoms with van der Waals surface area (Å²) in [4.78, 5) is 12.4. The molecule has 0 aromatic carbocycles. The van der Waals surface area contributed by atoms with Crippen LogP contribution in [0.15, 0.2) is 11.4 Å². The Morgan fingerprint density at radius 1 is 1.77 bits per heavy atom. The minimum atomic E-state index is 0.0273. The van der Waals surface area contributed by atoms with Gasteiger partial charge in [-0.1, -0.05) is 15.9 Å². The molecule has 1 rings (SSSR count). The molecule has 1 aromatic heterocycles. The predicted molar refractivity (Wildman–Crippen MR) is 59.8 cm³/mol. The summed E-state index contributed by atoms with van der Waals surface area (Å²) in [6.45, 7) is 3.92. The van der Waals surface area contributed by atoms with Crippen LogP contribution in [0.1, 0.15) is 22.2 Å². The van der Waals surface area contributed by atoms with Gasteiger partial charge in [-0.15, -0.1) is 11.3 Å². The topological polar surface area (TPSA) is 29.1 Å². The quantitative estimate of drug-likeness (QED) is 0.833. The number of aryl methyl sites for hydroxylation is 1. The molecule has 1 unspecified atom stereocenters. The second-order valence-corrected chi connectivity index (χ2v) is 4.53. The largest absolute Gasteiger partial charge is 0.348 e. The van der Waals surface area contributed by atoms with Crippen molar-refractivity contribution in [3.8, 4) is 0 Å². The molecule has 0 saturated carbocycles. The van der Waals surface area contributed by atoms with Gasteiger partial charge in [0, 0.05) is 11.4 Å². The van der Waals surface area contributed by atoms with Gasteiger partial charge in [0.25, 0.3) is 5.91 Å². The molecule has 1 N–H and O–H groups in total. The highest BCUT2D eigenvalue weighted by atomic mass is 79.9. The van der Waals surface area contributed by atoms with Gasteiger partial charge in [-0.3, -0.25) is 4.79 Å². The standard InChI is InChI=1S/C9H12BrNOS/c1-6-3-4-13-8(6)9(12)11-7(2)5-10/h3-4,7H,5H2,1-2H3,(H,11,12). The zero-order chi connectivity index (χ0) is 9.84. The van der Waals surface area contributed by atoms with Crippen LogP contribution < -0.4 is 5.32 Å². The van der Waals surface area contributed by atoms with Crippen LogP contribution in [0.25, 0.3) is 0 Å². The summed E-state index contributed by atoms with van der Waals surface area (Å²) in [6.07, 6.45) is 0. The molecule has 0 aliphatic rings. The van der Waals surface area contributed by atoms with Crippen molar-refractivity contribution in [2.24, 2.45) is 0 Å². The van der Waals surface area contributed by atoms with Crippen molar-refractivity contribution >= 4 is 33.2 Å². The minimum Gasteiger partial charge on any atom is -0.348 e. The van der Waals surface area contributed by atoms with Crippen molar-refractivity contribution in [2.45, 2.75) is 19.9 Å². The monoisotopic (exact) mass is 261 g/mol. The maximum Gasteiger partial charge on any atom is 0.261 e. The van der Waals surface area contributed by atoms with Crippen LogP contribution in [-0.2, 0) is 0 Å². The molecule has 2 nitrogen and oxygen atoms in total. The minimum absolute atomic E-state index is 0.0273. The van der Waals surface area contributed by atoms with Gasteiger partial charge in [-0.25, -0.2) is 0 Å². The Bertz CT molecular complexity index is 298. The van der Waals surface area contributed by atoms with E-state index >= 15 is 0 Å². The van der Waals surface area contributed by atoms with Crippen LogP contribution in [0.2, 0.25) is 0 Å². The molecule has 0 saturated heterocycles. The third-order valence-corrected chi connectivity index (χ3v) is 3.66. The van der Waals surface area contributed by atoms with Crippen LogP contribution in [0.4, 0.5) is 0 Å². The molecule has 4 heteroatoms. The number of nitrogens with one attached hydrogen (secondary N) is 1. The molecule has 0 bridgehead atoms. The Morgan fingerprint density at radius 3 is 2.92 bits per heavy atom. The predicted octanol–water partition coefficient (Wildman–Crippen LogP) is 2.57. The van der Waals surface area contributed by atoms with Crippen LogP contribution >= 0.6 is 27.3 Å². The highest BCUT2D eigenvalue weighted by Gasteiger charge is 2.11. The number of rotatable bonds is 3. The summed E-state index contributed by atoms with van der Waals surface area (Å²) >= 11 is 4.80.